The van der Waals surface area contributed by atoms with Gasteiger partial charge in [0, 0.05) is 18.6 Å². The van der Waals surface area contributed by atoms with Crippen molar-refractivity contribution < 1.29 is 0 Å². The molecule has 2 atom stereocenters. The van der Waals surface area contributed by atoms with Crippen molar-refractivity contribution in [2.24, 2.45) is 11.7 Å². The minimum Gasteiger partial charge on any atom is -0.326 e. The molecule has 2 nitrogen and oxygen atoms in total. The molecule has 1 saturated carbocycles. The molecule has 0 radical (unpaired) electrons. The zero-order chi connectivity index (χ0) is 14.0. The second kappa shape index (κ2) is 6.06. The highest BCUT2D eigenvalue weighted by Gasteiger charge is 2.36. The van der Waals surface area contributed by atoms with Gasteiger partial charge in [-0.25, -0.2) is 0 Å². The summed E-state index contributed by atoms with van der Waals surface area (Å²) < 4.78 is 0. The molecule has 0 bridgehead atoms. The van der Waals surface area contributed by atoms with Gasteiger partial charge in [0.2, 0.25) is 0 Å². The maximum atomic E-state index is 6.34. The van der Waals surface area contributed by atoms with Crippen LogP contribution >= 0.6 is 0 Å². The summed E-state index contributed by atoms with van der Waals surface area (Å²) in [5.74, 6) is 0.686. The summed E-state index contributed by atoms with van der Waals surface area (Å²) in [5, 5.41) is 0. The smallest absolute Gasteiger partial charge is 0.0502 e. The Labute approximate surface area is 118 Å². The van der Waals surface area contributed by atoms with Gasteiger partial charge in [-0.15, -0.1) is 0 Å². The lowest BCUT2D eigenvalue weighted by Gasteiger charge is -2.36. The van der Waals surface area contributed by atoms with Crippen molar-refractivity contribution in [1.29, 1.82) is 0 Å². The Balaban J connectivity index is 2.30. The van der Waals surface area contributed by atoms with Gasteiger partial charge in [0.1, 0.15) is 0 Å². The van der Waals surface area contributed by atoms with E-state index in [1.54, 1.807) is 0 Å². The molecule has 0 saturated heterocycles. The van der Waals surface area contributed by atoms with E-state index in [1.165, 1.54) is 24.0 Å². The van der Waals surface area contributed by atoms with Crippen molar-refractivity contribution >= 4 is 0 Å². The largest absolute Gasteiger partial charge is 0.326 e. The van der Waals surface area contributed by atoms with Crippen LogP contribution in [0.25, 0.3) is 0 Å². The van der Waals surface area contributed by atoms with Crippen molar-refractivity contribution in [3.05, 3.63) is 35.4 Å². The summed E-state index contributed by atoms with van der Waals surface area (Å²) in [6, 6.07) is 9.97. The first-order chi connectivity index (χ1) is 9.00. The third-order valence-corrected chi connectivity index (χ3v) is 3.95. The summed E-state index contributed by atoms with van der Waals surface area (Å²) in [7, 11) is 0. The maximum Gasteiger partial charge on any atom is 0.0502 e. The Kier molecular flexibility index (Phi) is 4.64. The average Bonchev–Trinajstić information content (AvgIpc) is 3.13. The molecule has 0 aliphatic heterocycles. The fourth-order valence-electron chi connectivity index (χ4n) is 3.00. The van der Waals surface area contributed by atoms with E-state index in [4.69, 9.17) is 5.73 Å². The van der Waals surface area contributed by atoms with Crippen LogP contribution in [-0.2, 0) is 0 Å². The van der Waals surface area contributed by atoms with E-state index in [0.717, 1.165) is 12.6 Å². The Bertz CT molecular complexity index is 407. The molecule has 0 heterocycles. The van der Waals surface area contributed by atoms with E-state index in [0.29, 0.717) is 12.0 Å². The average molecular weight is 260 g/mol. The third-order valence-electron chi connectivity index (χ3n) is 3.95. The van der Waals surface area contributed by atoms with Crippen molar-refractivity contribution in [3.63, 3.8) is 0 Å². The molecule has 1 aliphatic carbocycles. The van der Waals surface area contributed by atoms with Crippen LogP contribution in [0.15, 0.2) is 24.3 Å². The summed E-state index contributed by atoms with van der Waals surface area (Å²) in [6.45, 7) is 10.1. The van der Waals surface area contributed by atoms with Crippen molar-refractivity contribution in [2.75, 3.05) is 6.54 Å². The van der Waals surface area contributed by atoms with Crippen molar-refractivity contribution in [2.45, 2.75) is 58.7 Å². The van der Waals surface area contributed by atoms with Gasteiger partial charge in [0.25, 0.3) is 0 Å². The molecule has 0 amide bonds. The van der Waals surface area contributed by atoms with Gasteiger partial charge in [-0.1, -0.05) is 38.1 Å². The number of benzene rings is 1. The molecule has 1 aliphatic rings. The van der Waals surface area contributed by atoms with Gasteiger partial charge < -0.3 is 5.73 Å². The van der Waals surface area contributed by atoms with Crippen LogP contribution in [-0.4, -0.2) is 23.5 Å². The van der Waals surface area contributed by atoms with Crippen LogP contribution < -0.4 is 5.73 Å². The summed E-state index contributed by atoms with van der Waals surface area (Å²) in [4.78, 5) is 2.65. The maximum absolute atomic E-state index is 6.34. The third kappa shape index (κ3) is 3.58. The molecular weight excluding hydrogens is 232 g/mol. The molecule has 1 fully saturated rings. The molecule has 2 rings (SSSR count). The standard InChI is InChI=1S/C17H28N2/c1-12(2)11-19(15-9-10-15)17(14(4)18)16-8-6-5-7-13(16)3/h5-8,12,14-15,17H,9-11,18H2,1-4H3. The molecule has 2 heteroatoms. The molecule has 0 aromatic heterocycles. The fourth-order valence-corrected chi connectivity index (χ4v) is 3.00. The monoisotopic (exact) mass is 260 g/mol. The number of hydrogen-bond donors (Lipinski definition) is 1. The van der Waals surface area contributed by atoms with E-state index in [-0.39, 0.29) is 6.04 Å². The number of rotatable bonds is 6. The first-order valence-corrected chi connectivity index (χ1v) is 7.57. The molecule has 19 heavy (non-hydrogen) atoms. The molecule has 0 spiro atoms. The molecule has 1 aromatic rings. The first-order valence-electron chi connectivity index (χ1n) is 7.57. The van der Waals surface area contributed by atoms with Crippen LogP contribution in [0.1, 0.15) is 50.8 Å². The number of nitrogens with two attached hydrogens (primary N) is 1. The zero-order valence-corrected chi connectivity index (χ0v) is 12.8. The van der Waals surface area contributed by atoms with Gasteiger partial charge in [-0.05, 0) is 43.7 Å². The SMILES string of the molecule is Cc1ccccc1C(C(C)N)N(CC(C)C)C1CC1. The zero-order valence-electron chi connectivity index (χ0n) is 12.8. The fraction of sp³-hybridized carbons (Fsp3) is 0.647. The topological polar surface area (TPSA) is 29.3 Å². The van der Waals surface area contributed by atoms with Gasteiger partial charge in [-0.3, -0.25) is 4.90 Å². The second-order valence-electron chi connectivity index (χ2n) is 6.48. The predicted octanol–water partition coefficient (Wildman–Crippen LogP) is 3.50. The highest BCUT2D eigenvalue weighted by molar-refractivity contribution is 5.30. The Hall–Kier alpha value is -0.860. The number of nitrogens with zero attached hydrogens (tertiary/aromatic N) is 1. The van der Waals surface area contributed by atoms with Gasteiger partial charge >= 0.3 is 0 Å². The summed E-state index contributed by atoms with van der Waals surface area (Å²) in [5.41, 5.74) is 9.11. The van der Waals surface area contributed by atoms with Crippen LogP contribution in [0.5, 0.6) is 0 Å². The minimum atomic E-state index is 0.167. The van der Waals surface area contributed by atoms with Crippen molar-refractivity contribution in [1.82, 2.24) is 4.90 Å². The van der Waals surface area contributed by atoms with E-state index in [9.17, 15) is 0 Å². The molecular formula is C17H28N2. The summed E-state index contributed by atoms with van der Waals surface area (Å²) >= 11 is 0. The molecule has 2 unspecified atom stereocenters. The van der Waals surface area contributed by atoms with Gasteiger partial charge in [0.05, 0.1) is 6.04 Å². The first kappa shape index (κ1) is 14.5. The van der Waals surface area contributed by atoms with E-state index >= 15 is 0 Å². The Morgan fingerprint density at radius 2 is 1.84 bits per heavy atom. The highest BCUT2D eigenvalue weighted by Crippen LogP contribution is 2.37. The second-order valence-corrected chi connectivity index (χ2v) is 6.48. The number of aryl methyl sites for hydroxylation is 1. The number of hydrogen-bond acceptors (Lipinski definition) is 2. The van der Waals surface area contributed by atoms with E-state index in [1.807, 2.05) is 0 Å². The quantitative estimate of drug-likeness (QED) is 0.848. The molecule has 106 valence electrons. The predicted molar refractivity (Wildman–Crippen MR) is 82.1 cm³/mol. The van der Waals surface area contributed by atoms with Gasteiger partial charge in [-0.2, -0.15) is 0 Å². The molecule has 1 aromatic carbocycles. The summed E-state index contributed by atoms with van der Waals surface area (Å²) in [6.07, 6.45) is 2.67. The van der Waals surface area contributed by atoms with Gasteiger partial charge in [0.15, 0.2) is 0 Å². The van der Waals surface area contributed by atoms with E-state index in [2.05, 4.69) is 56.9 Å². The van der Waals surface area contributed by atoms with E-state index < -0.39 is 0 Å². The van der Waals surface area contributed by atoms with Crippen LogP contribution in [0.3, 0.4) is 0 Å². The molecule has 2 N–H and O–H groups in total. The Morgan fingerprint density at radius 1 is 1.21 bits per heavy atom. The normalized spacial score (nSPS) is 18.9. The Morgan fingerprint density at radius 3 is 2.32 bits per heavy atom. The van der Waals surface area contributed by atoms with Crippen LogP contribution in [0, 0.1) is 12.8 Å². The highest BCUT2D eigenvalue weighted by atomic mass is 15.2. The lowest BCUT2D eigenvalue weighted by atomic mass is 9.94. The van der Waals surface area contributed by atoms with Crippen LogP contribution in [0.4, 0.5) is 0 Å². The lowest BCUT2D eigenvalue weighted by Crippen LogP contribution is -2.42. The van der Waals surface area contributed by atoms with Crippen LogP contribution in [0.2, 0.25) is 0 Å². The lowest BCUT2D eigenvalue weighted by molar-refractivity contribution is 0.147. The van der Waals surface area contributed by atoms with Crippen molar-refractivity contribution in [3.8, 4) is 0 Å². The minimum absolute atomic E-state index is 0.167.